The van der Waals surface area contributed by atoms with E-state index in [1.54, 1.807) is 12.1 Å². The van der Waals surface area contributed by atoms with Gasteiger partial charge in [0.2, 0.25) is 5.88 Å². The largest absolute Gasteiger partial charge is 0.478 e. The molecule has 5 nitrogen and oxygen atoms in total. The summed E-state index contributed by atoms with van der Waals surface area (Å²) in [7, 11) is 5.37. The van der Waals surface area contributed by atoms with Gasteiger partial charge in [-0.2, -0.15) is 0 Å². The van der Waals surface area contributed by atoms with Gasteiger partial charge in [0.25, 0.3) is 0 Å². The smallest absolute Gasteiger partial charge is 0.338 e. The van der Waals surface area contributed by atoms with E-state index in [0.29, 0.717) is 18.1 Å². The first-order valence-corrected chi connectivity index (χ1v) is 5.45. The molecular weight excluding hydrogens is 220 g/mol. The van der Waals surface area contributed by atoms with Crippen LogP contribution in [0.2, 0.25) is 0 Å². The fourth-order valence-electron chi connectivity index (χ4n) is 1.29. The maximum Gasteiger partial charge on any atom is 0.338 e. The molecule has 0 atom stereocenters. The van der Waals surface area contributed by atoms with Gasteiger partial charge in [-0.1, -0.05) is 0 Å². The van der Waals surface area contributed by atoms with E-state index in [9.17, 15) is 4.79 Å². The molecule has 17 heavy (non-hydrogen) atoms. The Morgan fingerprint density at radius 1 is 1.47 bits per heavy atom. The minimum absolute atomic E-state index is 0.384. The standard InChI is InChI=1S/C12H18N2O3/c1-14(2)7-4-8-17-11-9-10(5-6-13-11)12(15)16-3/h5-6,9H,4,7-8H2,1-3H3. The zero-order valence-electron chi connectivity index (χ0n) is 10.5. The first-order valence-electron chi connectivity index (χ1n) is 5.45. The monoisotopic (exact) mass is 238 g/mol. The summed E-state index contributed by atoms with van der Waals surface area (Å²) in [5.41, 5.74) is 0.449. The van der Waals surface area contributed by atoms with Crippen molar-refractivity contribution >= 4 is 5.97 Å². The van der Waals surface area contributed by atoms with E-state index < -0.39 is 0 Å². The van der Waals surface area contributed by atoms with Crippen molar-refractivity contribution in [2.45, 2.75) is 6.42 Å². The van der Waals surface area contributed by atoms with Crippen molar-refractivity contribution in [1.82, 2.24) is 9.88 Å². The third kappa shape index (κ3) is 4.82. The second-order valence-electron chi connectivity index (χ2n) is 3.88. The van der Waals surface area contributed by atoms with Crippen molar-refractivity contribution in [3.05, 3.63) is 23.9 Å². The normalized spacial score (nSPS) is 10.4. The molecule has 0 aliphatic heterocycles. The Morgan fingerprint density at radius 3 is 2.88 bits per heavy atom. The van der Waals surface area contributed by atoms with Crippen LogP contribution in [0.5, 0.6) is 5.88 Å². The van der Waals surface area contributed by atoms with Crippen molar-refractivity contribution in [2.75, 3.05) is 34.4 Å². The molecule has 0 unspecified atom stereocenters. The molecule has 94 valence electrons. The van der Waals surface area contributed by atoms with E-state index in [0.717, 1.165) is 13.0 Å². The average Bonchev–Trinajstić information content (AvgIpc) is 2.34. The minimum atomic E-state index is -0.384. The molecule has 1 rings (SSSR count). The van der Waals surface area contributed by atoms with Crippen LogP contribution in [0.3, 0.4) is 0 Å². The number of pyridine rings is 1. The molecule has 0 saturated heterocycles. The molecule has 5 heteroatoms. The molecule has 1 aromatic heterocycles. The lowest BCUT2D eigenvalue weighted by Crippen LogP contribution is -2.15. The molecule has 1 heterocycles. The van der Waals surface area contributed by atoms with Gasteiger partial charge in [0.05, 0.1) is 19.3 Å². The lowest BCUT2D eigenvalue weighted by molar-refractivity contribution is 0.0600. The molecule has 0 spiro atoms. The maximum absolute atomic E-state index is 11.3. The number of rotatable bonds is 6. The SMILES string of the molecule is COC(=O)c1ccnc(OCCCN(C)C)c1. The van der Waals surface area contributed by atoms with Gasteiger partial charge < -0.3 is 14.4 Å². The van der Waals surface area contributed by atoms with Gasteiger partial charge >= 0.3 is 5.97 Å². The van der Waals surface area contributed by atoms with E-state index in [-0.39, 0.29) is 5.97 Å². The Labute approximate surface area is 101 Å². The van der Waals surface area contributed by atoms with Gasteiger partial charge in [-0.15, -0.1) is 0 Å². The fraction of sp³-hybridized carbons (Fsp3) is 0.500. The minimum Gasteiger partial charge on any atom is -0.478 e. The number of nitrogens with zero attached hydrogens (tertiary/aromatic N) is 2. The van der Waals surface area contributed by atoms with Crippen LogP contribution in [-0.4, -0.2) is 50.2 Å². The summed E-state index contributed by atoms with van der Waals surface area (Å²) < 4.78 is 10.1. The summed E-state index contributed by atoms with van der Waals surface area (Å²) >= 11 is 0. The molecule has 0 aliphatic rings. The van der Waals surface area contributed by atoms with Crippen LogP contribution in [-0.2, 0) is 4.74 Å². The van der Waals surface area contributed by atoms with Crippen LogP contribution in [0.1, 0.15) is 16.8 Å². The molecule has 0 bridgehead atoms. The van der Waals surface area contributed by atoms with Crippen LogP contribution in [0.4, 0.5) is 0 Å². The molecular formula is C12H18N2O3. The molecule has 0 aliphatic carbocycles. The zero-order valence-corrected chi connectivity index (χ0v) is 10.5. The Hall–Kier alpha value is -1.62. The highest BCUT2D eigenvalue weighted by Gasteiger charge is 2.06. The van der Waals surface area contributed by atoms with Crippen molar-refractivity contribution in [3.8, 4) is 5.88 Å². The van der Waals surface area contributed by atoms with Crippen molar-refractivity contribution < 1.29 is 14.3 Å². The Balaban J connectivity index is 2.46. The molecule has 0 fully saturated rings. The highest BCUT2D eigenvalue weighted by molar-refractivity contribution is 5.89. The number of esters is 1. The van der Waals surface area contributed by atoms with E-state index in [4.69, 9.17) is 4.74 Å². The first kappa shape index (κ1) is 13.4. The first-order chi connectivity index (χ1) is 8.13. The number of carbonyl (C=O) groups excluding carboxylic acids is 1. The fourth-order valence-corrected chi connectivity index (χ4v) is 1.29. The van der Waals surface area contributed by atoms with Crippen LogP contribution in [0.25, 0.3) is 0 Å². The second kappa shape index (κ2) is 6.85. The van der Waals surface area contributed by atoms with Crippen LogP contribution >= 0.6 is 0 Å². The van der Waals surface area contributed by atoms with Gasteiger partial charge in [-0.05, 0) is 26.6 Å². The zero-order chi connectivity index (χ0) is 12.7. The number of aromatic nitrogens is 1. The Bertz CT molecular complexity index is 367. The highest BCUT2D eigenvalue weighted by Crippen LogP contribution is 2.10. The van der Waals surface area contributed by atoms with Gasteiger partial charge in [0, 0.05) is 18.8 Å². The lowest BCUT2D eigenvalue weighted by atomic mass is 10.3. The van der Waals surface area contributed by atoms with Crippen molar-refractivity contribution in [3.63, 3.8) is 0 Å². The van der Waals surface area contributed by atoms with E-state index in [1.807, 2.05) is 14.1 Å². The molecule has 0 saturated carbocycles. The maximum atomic E-state index is 11.3. The second-order valence-corrected chi connectivity index (χ2v) is 3.88. The Kier molecular flexibility index (Phi) is 5.42. The number of hydrogen-bond acceptors (Lipinski definition) is 5. The quantitative estimate of drug-likeness (QED) is 0.550. The summed E-state index contributed by atoms with van der Waals surface area (Å²) in [5, 5.41) is 0. The lowest BCUT2D eigenvalue weighted by Gasteiger charge is -2.10. The number of ether oxygens (including phenoxy) is 2. The highest BCUT2D eigenvalue weighted by atomic mass is 16.5. The van der Waals surface area contributed by atoms with Crippen LogP contribution < -0.4 is 4.74 Å². The average molecular weight is 238 g/mol. The van der Waals surface area contributed by atoms with Crippen molar-refractivity contribution in [2.24, 2.45) is 0 Å². The summed E-state index contributed by atoms with van der Waals surface area (Å²) in [4.78, 5) is 17.4. The molecule has 0 radical (unpaired) electrons. The summed E-state index contributed by atoms with van der Waals surface area (Å²) in [6.45, 7) is 1.53. The predicted octanol–water partition coefficient (Wildman–Crippen LogP) is 1.20. The summed E-state index contributed by atoms with van der Waals surface area (Å²) in [5.74, 6) is 0.0668. The number of carbonyl (C=O) groups is 1. The summed E-state index contributed by atoms with van der Waals surface area (Å²) in [6.07, 6.45) is 2.45. The molecule has 0 N–H and O–H groups in total. The van der Waals surface area contributed by atoms with Gasteiger partial charge in [0.1, 0.15) is 0 Å². The number of hydrogen-bond donors (Lipinski definition) is 0. The van der Waals surface area contributed by atoms with Gasteiger partial charge in [-0.25, -0.2) is 9.78 Å². The van der Waals surface area contributed by atoms with Gasteiger partial charge in [-0.3, -0.25) is 0 Å². The third-order valence-electron chi connectivity index (χ3n) is 2.16. The third-order valence-corrected chi connectivity index (χ3v) is 2.16. The van der Waals surface area contributed by atoms with E-state index in [2.05, 4.69) is 14.6 Å². The van der Waals surface area contributed by atoms with Crippen LogP contribution in [0, 0.1) is 0 Å². The number of methoxy groups -OCH3 is 1. The molecule has 0 amide bonds. The molecule has 0 aromatic carbocycles. The van der Waals surface area contributed by atoms with E-state index in [1.165, 1.54) is 13.3 Å². The van der Waals surface area contributed by atoms with Crippen LogP contribution in [0.15, 0.2) is 18.3 Å². The Morgan fingerprint density at radius 2 is 2.24 bits per heavy atom. The van der Waals surface area contributed by atoms with Crippen molar-refractivity contribution in [1.29, 1.82) is 0 Å². The van der Waals surface area contributed by atoms with Gasteiger partial charge in [0.15, 0.2) is 0 Å². The predicted molar refractivity (Wildman–Crippen MR) is 64.2 cm³/mol. The topological polar surface area (TPSA) is 51.7 Å². The summed E-state index contributed by atoms with van der Waals surface area (Å²) in [6, 6.07) is 3.18. The van der Waals surface area contributed by atoms with E-state index >= 15 is 0 Å². The molecule has 1 aromatic rings.